The summed E-state index contributed by atoms with van der Waals surface area (Å²) in [7, 11) is 1.87. The van der Waals surface area contributed by atoms with E-state index in [1.165, 1.54) is 0 Å². The Balaban J connectivity index is 1.66. The molecular formula is C30H42N8O3S. The van der Waals surface area contributed by atoms with Gasteiger partial charge in [0, 0.05) is 50.4 Å². The Kier molecular flexibility index (Phi) is 11.2. The van der Waals surface area contributed by atoms with E-state index in [-0.39, 0.29) is 30.1 Å². The molecule has 3 amide bonds. The van der Waals surface area contributed by atoms with Crippen LogP contribution in [0.1, 0.15) is 57.1 Å². The van der Waals surface area contributed by atoms with E-state index in [1.54, 1.807) is 22.6 Å². The molecule has 3 heterocycles. The first-order valence-corrected chi connectivity index (χ1v) is 16.0. The van der Waals surface area contributed by atoms with E-state index < -0.39 is 12.1 Å². The number of nitrogens with one attached hydrogen (secondary N) is 2. The average Bonchev–Trinajstić information content (AvgIpc) is 3.59. The molecule has 11 nitrogen and oxygen atoms in total. The van der Waals surface area contributed by atoms with Crippen molar-refractivity contribution >= 4 is 29.5 Å². The molecule has 0 aliphatic carbocycles. The molecule has 2 N–H and O–H groups in total. The number of hydrogen-bond donors (Lipinski definition) is 2. The molecule has 226 valence electrons. The lowest BCUT2D eigenvalue weighted by Gasteiger charge is -2.28. The molecule has 1 aliphatic rings. The lowest BCUT2D eigenvalue weighted by molar-refractivity contribution is -0.132. The summed E-state index contributed by atoms with van der Waals surface area (Å²) in [5, 5.41) is 15.2. The molecule has 2 aromatic heterocycles. The number of benzene rings is 1. The van der Waals surface area contributed by atoms with Crippen molar-refractivity contribution in [1.29, 1.82) is 0 Å². The van der Waals surface area contributed by atoms with Crippen LogP contribution in [0, 0.1) is 5.92 Å². The number of nitrogens with zero attached hydrogens (tertiary/aromatic N) is 6. The Bertz CT molecular complexity index is 1340. The third kappa shape index (κ3) is 8.21. The first-order chi connectivity index (χ1) is 20.3. The summed E-state index contributed by atoms with van der Waals surface area (Å²) in [6, 6.07) is 10.6. The molecule has 1 aromatic carbocycles. The topological polar surface area (TPSA) is 127 Å². The van der Waals surface area contributed by atoms with Gasteiger partial charge < -0.3 is 15.5 Å². The minimum absolute atomic E-state index is 0.00182. The molecule has 0 unspecified atom stereocenters. The summed E-state index contributed by atoms with van der Waals surface area (Å²) in [5.41, 5.74) is 1.86. The molecule has 3 aromatic rings. The monoisotopic (exact) mass is 594 g/mol. The van der Waals surface area contributed by atoms with Crippen molar-refractivity contribution in [3.63, 3.8) is 0 Å². The quantitative estimate of drug-likeness (QED) is 0.411. The van der Waals surface area contributed by atoms with Crippen LogP contribution in [0.5, 0.6) is 0 Å². The first-order valence-electron chi connectivity index (χ1n) is 14.6. The number of aromatic nitrogens is 5. The van der Waals surface area contributed by atoms with Gasteiger partial charge in [-0.2, -0.15) is 22.0 Å². The summed E-state index contributed by atoms with van der Waals surface area (Å²) < 4.78 is 3.61. The molecule has 4 rings (SSSR count). The Morgan fingerprint density at radius 2 is 1.88 bits per heavy atom. The average molecular weight is 595 g/mol. The standard InChI is InChI=1S/C30H42N8O3S/c1-21(2)27-29-34-28(22-9-6-5-7-10-22)35-38(29)19-18-37(26(40)13-12-23-14-16-31-36(23)3)17-8-11-25(39)32-24(15-20-42-4)30(41)33-27/h5-7,9-10,14,16,21,24,27H,8,11-13,15,17-20H2,1-4H3,(H,32,39)(H,33,41)/t24-,27+/m0/s1. The number of rotatable bonds is 8. The van der Waals surface area contributed by atoms with Gasteiger partial charge in [-0.1, -0.05) is 44.2 Å². The van der Waals surface area contributed by atoms with Gasteiger partial charge in [-0.05, 0) is 43.3 Å². The van der Waals surface area contributed by atoms with Gasteiger partial charge >= 0.3 is 0 Å². The fourth-order valence-electron chi connectivity index (χ4n) is 5.06. The molecule has 2 atom stereocenters. The molecule has 0 bridgehead atoms. The predicted molar refractivity (Wildman–Crippen MR) is 163 cm³/mol. The molecule has 0 spiro atoms. The number of hydrogen-bond acceptors (Lipinski definition) is 7. The molecule has 0 fully saturated rings. The third-order valence-corrected chi connectivity index (χ3v) is 8.16. The highest BCUT2D eigenvalue weighted by atomic mass is 32.2. The number of fused-ring (bicyclic) bond motifs is 1. The molecule has 0 saturated carbocycles. The zero-order valence-electron chi connectivity index (χ0n) is 25.0. The maximum Gasteiger partial charge on any atom is 0.243 e. The van der Waals surface area contributed by atoms with Crippen LogP contribution in [-0.4, -0.2) is 78.3 Å². The SMILES string of the molecule is CSCC[C@@H]1NC(=O)CCCN(C(=O)CCc2ccnn2C)CCn2nc(-c3ccccc3)nc2[C@@H](C(C)C)NC1=O. The van der Waals surface area contributed by atoms with Crippen LogP contribution in [0.4, 0.5) is 0 Å². The summed E-state index contributed by atoms with van der Waals surface area (Å²) in [6.45, 7) is 5.31. The van der Waals surface area contributed by atoms with Crippen LogP contribution >= 0.6 is 11.8 Å². The van der Waals surface area contributed by atoms with Crippen molar-refractivity contribution in [2.45, 2.75) is 64.6 Å². The minimum atomic E-state index is -0.657. The zero-order chi connectivity index (χ0) is 30.1. The van der Waals surface area contributed by atoms with E-state index in [0.717, 1.165) is 17.0 Å². The van der Waals surface area contributed by atoms with Crippen molar-refractivity contribution in [3.05, 3.63) is 54.1 Å². The fraction of sp³-hybridized carbons (Fsp3) is 0.533. The smallest absolute Gasteiger partial charge is 0.243 e. The van der Waals surface area contributed by atoms with Gasteiger partial charge in [-0.3, -0.25) is 19.1 Å². The van der Waals surface area contributed by atoms with E-state index in [4.69, 9.17) is 10.1 Å². The summed E-state index contributed by atoms with van der Waals surface area (Å²) in [4.78, 5) is 46.6. The number of thioether (sulfide) groups is 1. The highest BCUT2D eigenvalue weighted by molar-refractivity contribution is 7.98. The van der Waals surface area contributed by atoms with Crippen molar-refractivity contribution in [3.8, 4) is 11.4 Å². The van der Waals surface area contributed by atoms with E-state index in [9.17, 15) is 14.4 Å². The minimum Gasteiger partial charge on any atom is -0.344 e. The maximum atomic E-state index is 13.5. The van der Waals surface area contributed by atoms with Gasteiger partial charge in [0.1, 0.15) is 6.04 Å². The van der Waals surface area contributed by atoms with Crippen LogP contribution in [0.25, 0.3) is 11.4 Å². The number of carbonyl (C=O) groups is 3. The second-order valence-corrected chi connectivity index (χ2v) is 11.9. The van der Waals surface area contributed by atoms with Gasteiger partial charge in [0.25, 0.3) is 0 Å². The Morgan fingerprint density at radius 1 is 1.10 bits per heavy atom. The van der Waals surface area contributed by atoms with Gasteiger partial charge in [-0.25, -0.2) is 9.67 Å². The highest BCUT2D eigenvalue weighted by Gasteiger charge is 2.30. The first kappa shape index (κ1) is 31.3. The summed E-state index contributed by atoms with van der Waals surface area (Å²) >= 11 is 1.63. The molecule has 42 heavy (non-hydrogen) atoms. The summed E-state index contributed by atoms with van der Waals surface area (Å²) in [5.74, 6) is 1.53. The molecule has 0 radical (unpaired) electrons. The van der Waals surface area contributed by atoms with Gasteiger partial charge in [0.15, 0.2) is 11.6 Å². The highest BCUT2D eigenvalue weighted by Crippen LogP contribution is 2.25. The Morgan fingerprint density at radius 3 is 2.57 bits per heavy atom. The van der Waals surface area contributed by atoms with E-state index in [0.29, 0.717) is 57.0 Å². The van der Waals surface area contributed by atoms with Crippen molar-refractivity contribution in [2.24, 2.45) is 13.0 Å². The van der Waals surface area contributed by atoms with Gasteiger partial charge in [0.2, 0.25) is 17.7 Å². The number of aryl methyl sites for hydroxylation is 2. The molecule has 1 aliphatic heterocycles. The molecule has 12 heteroatoms. The Labute approximate surface area is 251 Å². The molecule has 0 saturated heterocycles. The maximum absolute atomic E-state index is 13.5. The van der Waals surface area contributed by atoms with E-state index >= 15 is 0 Å². The van der Waals surface area contributed by atoms with Crippen molar-refractivity contribution in [1.82, 2.24) is 40.1 Å². The zero-order valence-corrected chi connectivity index (χ0v) is 25.8. The predicted octanol–water partition coefficient (Wildman–Crippen LogP) is 2.99. The van der Waals surface area contributed by atoms with E-state index in [2.05, 4.69) is 15.7 Å². The Hall–Kier alpha value is -3.67. The number of carbonyl (C=O) groups excluding carboxylic acids is 3. The van der Waals surface area contributed by atoms with E-state index in [1.807, 2.05) is 73.1 Å². The van der Waals surface area contributed by atoms with Crippen molar-refractivity contribution in [2.75, 3.05) is 25.1 Å². The van der Waals surface area contributed by atoms with Crippen molar-refractivity contribution < 1.29 is 14.4 Å². The normalized spacial score (nSPS) is 18.7. The van der Waals surface area contributed by atoms with Gasteiger partial charge in [-0.15, -0.1) is 0 Å². The third-order valence-electron chi connectivity index (χ3n) is 7.52. The van der Waals surface area contributed by atoms with Crippen LogP contribution in [0.2, 0.25) is 0 Å². The van der Waals surface area contributed by atoms with Crippen LogP contribution in [-0.2, 0) is 34.4 Å². The molecular weight excluding hydrogens is 552 g/mol. The second kappa shape index (κ2) is 15.0. The van der Waals surface area contributed by atoms with Crippen LogP contribution in [0.3, 0.4) is 0 Å². The largest absolute Gasteiger partial charge is 0.344 e. The van der Waals surface area contributed by atoms with Gasteiger partial charge in [0.05, 0.1) is 12.6 Å². The number of amides is 3. The lowest BCUT2D eigenvalue weighted by Crippen LogP contribution is -2.49. The fourth-order valence-corrected chi connectivity index (χ4v) is 5.53. The van der Waals surface area contributed by atoms with Crippen LogP contribution in [0.15, 0.2) is 42.6 Å². The lowest BCUT2D eigenvalue weighted by atomic mass is 10.0. The van der Waals surface area contributed by atoms with Crippen LogP contribution < -0.4 is 10.6 Å². The second-order valence-electron chi connectivity index (χ2n) is 10.9. The summed E-state index contributed by atoms with van der Waals surface area (Å²) in [6.07, 6.45) is 5.87.